The maximum atomic E-state index is 13.1. The number of anilines is 3. The topological polar surface area (TPSA) is 118 Å². The highest BCUT2D eigenvalue weighted by molar-refractivity contribution is 6.10. The minimum Gasteiger partial charge on any atom is -0.496 e. The first-order valence-electron chi connectivity index (χ1n) is 10.1. The molecule has 0 fully saturated rings. The van der Waals surface area contributed by atoms with Gasteiger partial charge in [-0.1, -0.05) is 19.1 Å². The lowest BCUT2D eigenvalue weighted by Crippen LogP contribution is -2.22. The van der Waals surface area contributed by atoms with Crippen LogP contribution in [-0.4, -0.2) is 40.9 Å². The molecule has 3 aromatic rings. The number of nitrogens with zero attached hydrogens (tertiary/aromatic N) is 3. The monoisotopic (exact) mass is 434 g/mol. The highest BCUT2D eigenvalue weighted by Crippen LogP contribution is 2.27. The zero-order valence-corrected chi connectivity index (χ0v) is 18.7. The first kappa shape index (κ1) is 22.7. The van der Waals surface area contributed by atoms with E-state index in [1.807, 2.05) is 19.9 Å². The molecular weight excluding hydrogens is 408 g/mol. The van der Waals surface area contributed by atoms with Crippen molar-refractivity contribution in [1.82, 2.24) is 20.3 Å². The number of aryl methyl sites for hydroxylation is 3. The van der Waals surface area contributed by atoms with Gasteiger partial charge in [0.05, 0.1) is 23.9 Å². The third-order valence-electron chi connectivity index (χ3n) is 4.77. The lowest BCUT2D eigenvalue weighted by atomic mass is 10.1. The summed E-state index contributed by atoms with van der Waals surface area (Å²) in [5.41, 5.74) is 2.63. The van der Waals surface area contributed by atoms with Crippen molar-refractivity contribution in [1.29, 1.82) is 0 Å². The molecule has 0 aliphatic carbocycles. The fourth-order valence-electron chi connectivity index (χ4n) is 3.33. The molecular formula is C23H26N6O3. The highest BCUT2D eigenvalue weighted by atomic mass is 16.5. The van der Waals surface area contributed by atoms with Gasteiger partial charge in [-0.05, 0) is 31.9 Å². The molecule has 0 saturated heterocycles. The Kier molecular flexibility index (Phi) is 6.99. The van der Waals surface area contributed by atoms with Gasteiger partial charge in [0, 0.05) is 31.1 Å². The first-order chi connectivity index (χ1) is 15.4. The van der Waals surface area contributed by atoms with Crippen LogP contribution in [0.3, 0.4) is 0 Å². The third-order valence-corrected chi connectivity index (χ3v) is 4.77. The van der Waals surface area contributed by atoms with E-state index in [1.165, 1.54) is 20.4 Å². The van der Waals surface area contributed by atoms with E-state index in [1.54, 1.807) is 31.2 Å². The second kappa shape index (κ2) is 9.86. The Morgan fingerprint density at radius 1 is 1.03 bits per heavy atom. The summed E-state index contributed by atoms with van der Waals surface area (Å²) in [7, 11) is 3.04. The molecule has 0 radical (unpaired) electrons. The van der Waals surface area contributed by atoms with Crippen LogP contribution in [0.2, 0.25) is 0 Å². The van der Waals surface area contributed by atoms with Crippen LogP contribution in [-0.2, 0) is 6.42 Å². The van der Waals surface area contributed by atoms with Gasteiger partial charge in [-0.25, -0.2) is 15.0 Å². The van der Waals surface area contributed by atoms with Crippen LogP contribution in [0.4, 0.5) is 17.3 Å². The van der Waals surface area contributed by atoms with Crippen molar-refractivity contribution < 1.29 is 14.3 Å². The lowest BCUT2D eigenvalue weighted by Gasteiger charge is -2.15. The normalized spacial score (nSPS) is 10.4. The predicted molar refractivity (Wildman–Crippen MR) is 123 cm³/mol. The number of para-hydroxylation sites is 1. The second-order valence-corrected chi connectivity index (χ2v) is 7.07. The number of methoxy groups -OCH3 is 1. The van der Waals surface area contributed by atoms with Crippen molar-refractivity contribution in [3.8, 4) is 5.75 Å². The van der Waals surface area contributed by atoms with E-state index in [2.05, 4.69) is 30.9 Å². The molecule has 0 aliphatic rings. The van der Waals surface area contributed by atoms with Crippen LogP contribution in [0.25, 0.3) is 0 Å². The SMILES string of the molecule is CCc1cccc(C(=O)Nc2cc(Nc3cc(C)nc(C)n3)ncc2C(=O)NC)c1OC. The molecule has 0 unspecified atom stereocenters. The van der Waals surface area contributed by atoms with E-state index < -0.39 is 5.91 Å². The van der Waals surface area contributed by atoms with Gasteiger partial charge in [0.2, 0.25) is 0 Å². The maximum Gasteiger partial charge on any atom is 0.259 e. The zero-order chi connectivity index (χ0) is 23.3. The van der Waals surface area contributed by atoms with E-state index in [0.29, 0.717) is 34.5 Å². The smallest absolute Gasteiger partial charge is 0.259 e. The van der Waals surface area contributed by atoms with Crippen molar-refractivity contribution in [2.24, 2.45) is 0 Å². The van der Waals surface area contributed by atoms with Gasteiger partial charge in [0.25, 0.3) is 11.8 Å². The number of benzene rings is 1. The van der Waals surface area contributed by atoms with Gasteiger partial charge >= 0.3 is 0 Å². The van der Waals surface area contributed by atoms with Crippen LogP contribution < -0.4 is 20.7 Å². The molecule has 166 valence electrons. The Hall–Kier alpha value is -4.01. The summed E-state index contributed by atoms with van der Waals surface area (Å²) in [4.78, 5) is 38.4. The van der Waals surface area contributed by atoms with Gasteiger partial charge in [-0.15, -0.1) is 0 Å². The summed E-state index contributed by atoms with van der Waals surface area (Å²) in [6.45, 7) is 5.65. The molecule has 2 heterocycles. The Morgan fingerprint density at radius 2 is 1.81 bits per heavy atom. The molecule has 0 aliphatic heterocycles. The molecule has 9 heteroatoms. The number of hydrogen-bond acceptors (Lipinski definition) is 7. The second-order valence-electron chi connectivity index (χ2n) is 7.07. The summed E-state index contributed by atoms with van der Waals surface area (Å²) >= 11 is 0. The molecule has 0 bridgehead atoms. The molecule has 9 nitrogen and oxygen atoms in total. The zero-order valence-electron chi connectivity index (χ0n) is 18.7. The third kappa shape index (κ3) is 5.00. The van der Waals surface area contributed by atoms with E-state index in [0.717, 1.165) is 17.7 Å². The number of pyridine rings is 1. The van der Waals surface area contributed by atoms with E-state index in [9.17, 15) is 9.59 Å². The molecule has 0 spiro atoms. The average Bonchev–Trinajstić information content (AvgIpc) is 2.77. The van der Waals surface area contributed by atoms with Crippen LogP contribution >= 0.6 is 0 Å². The van der Waals surface area contributed by atoms with Gasteiger partial charge in [0.1, 0.15) is 23.2 Å². The summed E-state index contributed by atoms with van der Waals surface area (Å²) < 4.78 is 5.47. The number of carbonyl (C=O) groups is 2. The molecule has 0 saturated carbocycles. The summed E-state index contributed by atoms with van der Waals surface area (Å²) in [5, 5.41) is 8.48. The quantitative estimate of drug-likeness (QED) is 0.521. The van der Waals surface area contributed by atoms with Crippen molar-refractivity contribution in [3.63, 3.8) is 0 Å². The van der Waals surface area contributed by atoms with Crippen LogP contribution in [0.1, 0.15) is 44.7 Å². The molecule has 1 aromatic carbocycles. The van der Waals surface area contributed by atoms with Crippen LogP contribution in [0, 0.1) is 13.8 Å². The Morgan fingerprint density at radius 3 is 2.47 bits per heavy atom. The van der Waals surface area contributed by atoms with Gasteiger partial charge in [0.15, 0.2) is 0 Å². The van der Waals surface area contributed by atoms with E-state index in [4.69, 9.17) is 4.74 Å². The standard InChI is InChI=1S/C23H26N6O3/c1-6-15-8-7-9-16(21(15)32-5)23(31)28-18-11-19(25-12-17(18)22(30)24-4)29-20-10-13(2)26-14(3)27-20/h7-12H,6H2,1-5H3,(H,24,30)(H2,25,26,27,28,29,31). The number of rotatable bonds is 7. The van der Waals surface area contributed by atoms with Crippen molar-refractivity contribution in [2.45, 2.75) is 27.2 Å². The van der Waals surface area contributed by atoms with Gasteiger partial charge in [-0.3, -0.25) is 9.59 Å². The molecule has 3 rings (SSSR count). The highest BCUT2D eigenvalue weighted by Gasteiger charge is 2.19. The minimum atomic E-state index is -0.395. The van der Waals surface area contributed by atoms with E-state index in [-0.39, 0.29) is 11.5 Å². The predicted octanol–water partition coefficient (Wildman–Crippen LogP) is 3.41. The van der Waals surface area contributed by atoms with Gasteiger partial charge < -0.3 is 20.7 Å². The molecule has 32 heavy (non-hydrogen) atoms. The number of carbonyl (C=O) groups excluding carboxylic acids is 2. The largest absolute Gasteiger partial charge is 0.496 e. The number of amides is 2. The van der Waals surface area contributed by atoms with Crippen LogP contribution in [0.5, 0.6) is 5.75 Å². The Labute approximate surface area is 186 Å². The number of ether oxygens (including phenoxy) is 1. The summed E-state index contributed by atoms with van der Waals surface area (Å²) in [5.74, 6) is 1.33. The fraction of sp³-hybridized carbons (Fsp3) is 0.261. The van der Waals surface area contributed by atoms with Crippen molar-refractivity contribution in [2.75, 3.05) is 24.8 Å². The molecule has 2 aromatic heterocycles. The number of hydrogen-bond donors (Lipinski definition) is 3. The summed E-state index contributed by atoms with van der Waals surface area (Å²) in [6, 6.07) is 8.76. The van der Waals surface area contributed by atoms with E-state index >= 15 is 0 Å². The Bertz CT molecular complexity index is 1140. The minimum absolute atomic E-state index is 0.229. The maximum absolute atomic E-state index is 13.1. The van der Waals surface area contributed by atoms with Crippen molar-refractivity contribution in [3.05, 3.63) is 64.7 Å². The Balaban J connectivity index is 1.97. The molecule has 0 atom stereocenters. The fourth-order valence-corrected chi connectivity index (χ4v) is 3.33. The molecule has 3 N–H and O–H groups in total. The average molecular weight is 435 g/mol. The summed E-state index contributed by atoms with van der Waals surface area (Å²) in [6.07, 6.45) is 2.12. The van der Waals surface area contributed by atoms with Crippen LogP contribution in [0.15, 0.2) is 36.5 Å². The van der Waals surface area contributed by atoms with Crippen molar-refractivity contribution >= 4 is 29.1 Å². The van der Waals surface area contributed by atoms with Gasteiger partial charge in [-0.2, -0.15) is 0 Å². The molecule has 2 amide bonds. The number of aromatic nitrogens is 3. The lowest BCUT2D eigenvalue weighted by molar-refractivity contribution is 0.0963. The number of nitrogens with one attached hydrogen (secondary N) is 3. The first-order valence-corrected chi connectivity index (χ1v) is 10.1.